The van der Waals surface area contributed by atoms with Gasteiger partial charge in [0.15, 0.2) is 0 Å². The highest BCUT2D eigenvalue weighted by Gasteiger charge is 2.30. The van der Waals surface area contributed by atoms with E-state index in [0.717, 1.165) is 18.4 Å². The van der Waals surface area contributed by atoms with Crippen molar-refractivity contribution in [2.45, 2.75) is 25.5 Å². The molecule has 1 heterocycles. The summed E-state index contributed by atoms with van der Waals surface area (Å²) in [6.45, 7) is -0.0148. The molecule has 1 aromatic heterocycles. The molecule has 0 radical (unpaired) electrons. The van der Waals surface area contributed by atoms with Crippen LogP contribution in [0.3, 0.4) is 0 Å². The molecule has 1 saturated carbocycles. The normalized spacial score (nSPS) is 15.3. The van der Waals surface area contributed by atoms with Gasteiger partial charge in [-0.15, -0.1) is 9.42 Å². The molecule has 0 amide bonds. The molecule has 0 spiro atoms. The van der Waals surface area contributed by atoms with Gasteiger partial charge in [0.1, 0.15) is 6.61 Å². The van der Waals surface area contributed by atoms with Gasteiger partial charge < -0.3 is 0 Å². The lowest BCUT2D eigenvalue weighted by atomic mass is 10.1. The molecule has 0 aliphatic heterocycles. The second kappa shape index (κ2) is 6.03. The number of halogens is 2. The van der Waals surface area contributed by atoms with Crippen LogP contribution in [-0.2, 0) is 15.7 Å². The summed E-state index contributed by atoms with van der Waals surface area (Å²) in [5.74, 6) is 0. The number of hydrogen-bond acceptors (Lipinski definition) is 3. The molecule has 1 N–H and O–H groups in total. The van der Waals surface area contributed by atoms with Crippen molar-refractivity contribution in [3.63, 3.8) is 0 Å². The lowest BCUT2D eigenvalue weighted by Crippen LogP contribution is -2.04. The van der Waals surface area contributed by atoms with Gasteiger partial charge in [-0.05, 0) is 25.0 Å². The average molecular weight is 346 g/mol. The molecule has 21 heavy (non-hydrogen) atoms. The zero-order chi connectivity index (χ0) is 15.0. The first-order chi connectivity index (χ1) is 10.1. The highest BCUT2D eigenvalue weighted by Crippen LogP contribution is 2.42. The Balaban J connectivity index is 2.07. The summed E-state index contributed by atoms with van der Waals surface area (Å²) >= 11 is 12.5. The van der Waals surface area contributed by atoms with E-state index in [1.165, 1.54) is 0 Å². The highest BCUT2D eigenvalue weighted by molar-refractivity contribution is 7.32. The van der Waals surface area contributed by atoms with Crippen LogP contribution in [0, 0.1) is 0 Å². The Morgan fingerprint density at radius 1 is 1.38 bits per heavy atom. The van der Waals surface area contributed by atoms with E-state index >= 15 is 0 Å². The number of nitrogens with zero attached hydrogens (tertiary/aromatic N) is 2. The second-order valence-corrected chi connectivity index (χ2v) is 6.34. The van der Waals surface area contributed by atoms with Crippen LogP contribution >= 0.6 is 31.5 Å². The first-order valence-corrected chi connectivity index (χ1v) is 8.26. The van der Waals surface area contributed by atoms with Crippen LogP contribution < -0.4 is 0 Å². The van der Waals surface area contributed by atoms with E-state index in [1.54, 1.807) is 24.4 Å². The van der Waals surface area contributed by atoms with E-state index in [-0.39, 0.29) is 6.61 Å². The minimum Gasteiger partial charge on any atom is -0.263 e. The van der Waals surface area contributed by atoms with Gasteiger partial charge in [-0.1, -0.05) is 29.3 Å². The third-order valence-electron chi connectivity index (χ3n) is 3.34. The Morgan fingerprint density at radius 3 is 2.62 bits per heavy atom. The monoisotopic (exact) mass is 345 g/mol. The van der Waals surface area contributed by atoms with Crippen molar-refractivity contribution in [3.05, 3.63) is 40.1 Å². The van der Waals surface area contributed by atoms with Crippen molar-refractivity contribution in [2.24, 2.45) is 0 Å². The first-order valence-electron chi connectivity index (χ1n) is 6.37. The zero-order valence-electron chi connectivity index (χ0n) is 10.9. The maximum Gasteiger partial charge on any atom is 0.695 e. The van der Waals surface area contributed by atoms with Gasteiger partial charge in [0.25, 0.3) is 0 Å². The quantitative estimate of drug-likeness (QED) is 0.817. The predicted molar refractivity (Wildman–Crippen MR) is 80.6 cm³/mol. The van der Waals surface area contributed by atoms with Crippen LogP contribution in [0.1, 0.15) is 24.6 Å². The Kier molecular flexibility index (Phi) is 4.29. The zero-order valence-corrected chi connectivity index (χ0v) is 13.3. The molecular formula is C13H12Cl2N2O3P+. The van der Waals surface area contributed by atoms with Crippen LogP contribution in [0.25, 0.3) is 11.1 Å². The summed E-state index contributed by atoms with van der Waals surface area (Å²) < 4.78 is 17.5. The fourth-order valence-electron chi connectivity index (χ4n) is 2.25. The molecule has 1 atom stereocenters. The van der Waals surface area contributed by atoms with Gasteiger partial charge >= 0.3 is 8.25 Å². The van der Waals surface area contributed by atoms with E-state index in [2.05, 4.69) is 5.10 Å². The third-order valence-corrected chi connectivity index (χ3v) is 4.32. The van der Waals surface area contributed by atoms with E-state index in [1.807, 2.05) is 4.68 Å². The van der Waals surface area contributed by atoms with Crippen LogP contribution in [0.15, 0.2) is 24.4 Å². The van der Waals surface area contributed by atoms with Crippen LogP contribution in [0.4, 0.5) is 0 Å². The molecule has 0 bridgehead atoms. The van der Waals surface area contributed by atoms with Gasteiger partial charge in [-0.25, -0.2) is 0 Å². The Hall–Kier alpha value is -0.970. The van der Waals surface area contributed by atoms with Crippen molar-refractivity contribution in [2.75, 3.05) is 0 Å². The van der Waals surface area contributed by atoms with Crippen molar-refractivity contribution in [1.29, 1.82) is 0 Å². The molecule has 3 rings (SSSR count). The first kappa shape index (κ1) is 14.9. The fourth-order valence-corrected chi connectivity index (χ4v) is 3.08. The summed E-state index contributed by atoms with van der Waals surface area (Å²) in [6.07, 6.45) is 3.75. The number of rotatable bonds is 5. The Morgan fingerprint density at radius 2 is 2.05 bits per heavy atom. The van der Waals surface area contributed by atoms with E-state index in [4.69, 9.17) is 32.6 Å². The third kappa shape index (κ3) is 3.12. The molecule has 8 heteroatoms. The molecule has 1 unspecified atom stereocenters. The van der Waals surface area contributed by atoms with E-state index in [9.17, 15) is 4.57 Å². The van der Waals surface area contributed by atoms with Gasteiger partial charge in [0.05, 0.1) is 28.0 Å². The predicted octanol–water partition coefficient (Wildman–Crippen LogP) is 4.36. The van der Waals surface area contributed by atoms with Crippen molar-refractivity contribution < 1.29 is 14.0 Å². The van der Waals surface area contributed by atoms with Gasteiger partial charge in [0, 0.05) is 15.7 Å². The van der Waals surface area contributed by atoms with Crippen LogP contribution in [0.5, 0.6) is 0 Å². The summed E-state index contributed by atoms with van der Waals surface area (Å²) in [7, 11) is -2.67. The second-order valence-electron chi connectivity index (χ2n) is 4.79. The number of benzene rings is 1. The SMILES string of the molecule is O=[P+](O)OCc1c(-c2c(Cl)cccc2Cl)cnn1C1CC1. The lowest BCUT2D eigenvalue weighted by Gasteiger charge is -2.09. The van der Waals surface area contributed by atoms with Crippen LogP contribution in [-0.4, -0.2) is 14.7 Å². The van der Waals surface area contributed by atoms with Gasteiger partial charge in [-0.2, -0.15) is 5.10 Å². The van der Waals surface area contributed by atoms with Crippen molar-refractivity contribution in [1.82, 2.24) is 9.78 Å². The smallest absolute Gasteiger partial charge is 0.263 e. The standard InChI is InChI=1S/C13H11Cl2N2O3P/c14-10-2-1-3-11(15)13(10)9-6-16-17(8-4-5-8)12(9)7-20-21(18)19/h1-3,6,8H,4-5,7H2/p+1. The van der Waals surface area contributed by atoms with E-state index < -0.39 is 8.25 Å². The number of hydrogen-bond donors (Lipinski definition) is 1. The Bertz CT molecular complexity index is 680. The molecule has 1 aliphatic carbocycles. The molecular weight excluding hydrogens is 334 g/mol. The molecule has 1 aliphatic rings. The molecule has 1 fully saturated rings. The van der Waals surface area contributed by atoms with E-state index in [0.29, 0.717) is 27.3 Å². The molecule has 110 valence electrons. The maximum absolute atomic E-state index is 10.8. The van der Waals surface area contributed by atoms with Gasteiger partial charge in [0.2, 0.25) is 0 Å². The lowest BCUT2D eigenvalue weighted by molar-refractivity contribution is 0.263. The minimum absolute atomic E-state index is 0.0148. The summed E-state index contributed by atoms with van der Waals surface area (Å²) in [4.78, 5) is 8.87. The largest absolute Gasteiger partial charge is 0.695 e. The summed E-state index contributed by atoms with van der Waals surface area (Å²) in [6, 6.07) is 5.57. The maximum atomic E-state index is 10.8. The molecule has 1 aromatic carbocycles. The fraction of sp³-hybridized carbons (Fsp3) is 0.308. The molecule has 0 saturated heterocycles. The van der Waals surface area contributed by atoms with Crippen LogP contribution in [0.2, 0.25) is 10.0 Å². The molecule has 5 nitrogen and oxygen atoms in total. The summed E-state index contributed by atoms with van der Waals surface area (Å²) in [5, 5.41) is 5.37. The summed E-state index contributed by atoms with van der Waals surface area (Å²) in [5.41, 5.74) is 2.11. The average Bonchev–Trinajstić information content (AvgIpc) is 3.18. The topological polar surface area (TPSA) is 64.3 Å². The Labute approximate surface area is 132 Å². The van der Waals surface area contributed by atoms with Gasteiger partial charge in [-0.3, -0.25) is 4.68 Å². The molecule has 2 aromatic rings. The number of aromatic nitrogens is 2. The van der Waals surface area contributed by atoms with Crippen molar-refractivity contribution >= 4 is 31.5 Å². The minimum atomic E-state index is -2.67. The van der Waals surface area contributed by atoms with Crippen molar-refractivity contribution in [3.8, 4) is 11.1 Å². The highest BCUT2D eigenvalue weighted by atomic mass is 35.5.